The fourth-order valence-electron chi connectivity index (χ4n) is 3.02. The van der Waals surface area contributed by atoms with Crippen molar-refractivity contribution in [2.45, 2.75) is 32.7 Å². The van der Waals surface area contributed by atoms with Crippen LogP contribution in [0.4, 0.5) is 0 Å². The number of carbonyl (C=O) groups excluding carboxylic acids is 2. The molecule has 0 aliphatic rings. The second kappa shape index (κ2) is 9.68. The lowest BCUT2D eigenvalue weighted by atomic mass is 10.1. The van der Waals surface area contributed by atoms with Gasteiger partial charge in [0, 0.05) is 36.5 Å². The van der Waals surface area contributed by atoms with Gasteiger partial charge in [0.2, 0.25) is 5.91 Å². The SMILES string of the molecule is CCOc1ccc(C(=O)CCC(=O)NC(C)c2ccc(-n3ccnc3)cc2)cc1. The summed E-state index contributed by atoms with van der Waals surface area (Å²) in [5.41, 5.74) is 2.59. The Kier molecular flexibility index (Phi) is 6.79. The maximum absolute atomic E-state index is 12.3. The van der Waals surface area contributed by atoms with Gasteiger partial charge in [0.15, 0.2) is 5.78 Å². The summed E-state index contributed by atoms with van der Waals surface area (Å²) in [5.74, 6) is 0.533. The fourth-order valence-corrected chi connectivity index (χ4v) is 3.02. The number of carbonyl (C=O) groups is 2. The van der Waals surface area contributed by atoms with E-state index in [9.17, 15) is 9.59 Å². The van der Waals surface area contributed by atoms with Crippen LogP contribution in [0.15, 0.2) is 67.3 Å². The molecule has 0 fully saturated rings. The standard InChI is InChI=1S/C23H25N3O3/c1-3-29-21-10-6-19(7-11-21)22(27)12-13-23(28)25-17(2)18-4-8-20(9-5-18)26-15-14-24-16-26/h4-11,14-17H,3,12-13H2,1-2H3,(H,25,28). The molecule has 29 heavy (non-hydrogen) atoms. The predicted molar refractivity (Wildman–Crippen MR) is 111 cm³/mol. The van der Waals surface area contributed by atoms with E-state index in [1.54, 1.807) is 36.8 Å². The van der Waals surface area contributed by atoms with E-state index in [1.807, 2.05) is 48.9 Å². The van der Waals surface area contributed by atoms with Gasteiger partial charge in [-0.3, -0.25) is 9.59 Å². The molecule has 3 rings (SSSR count). The van der Waals surface area contributed by atoms with Gasteiger partial charge in [-0.15, -0.1) is 0 Å². The van der Waals surface area contributed by atoms with Gasteiger partial charge in [-0.2, -0.15) is 0 Å². The molecule has 0 saturated heterocycles. The van der Waals surface area contributed by atoms with E-state index in [4.69, 9.17) is 4.74 Å². The van der Waals surface area contributed by atoms with Gasteiger partial charge in [0.1, 0.15) is 5.75 Å². The Morgan fingerprint density at radius 1 is 1.07 bits per heavy atom. The molecule has 1 amide bonds. The molecular formula is C23H25N3O3. The second-order valence-electron chi connectivity index (χ2n) is 6.73. The van der Waals surface area contributed by atoms with E-state index in [2.05, 4.69) is 10.3 Å². The summed E-state index contributed by atoms with van der Waals surface area (Å²) in [7, 11) is 0. The molecule has 1 heterocycles. The lowest BCUT2D eigenvalue weighted by molar-refractivity contribution is -0.121. The lowest BCUT2D eigenvalue weighted by Crippen LogP contribution is -2.27. The van der Waals surface area contributed by atoms with Crippen molar-refractivity contribution in [2.75, 3.05) is 6.61 Å². The minimum absolute atomic E-state index is 0.0551. The Hall–Kier alpha value is -3.41. The number of nitrogens with zero attached hydrogens (tertiary/aromatic N) is 2. The van der Waals surface area contributed by atoms with E-state index >= 15 is 0 Å². The highest BCUT2D eigenvalue weighted by molar-refractivity contribution is 5.98. The first-order chi connectivity index (χ1) is 14.1. The Balaban J connectivity index is 1.49. The Bertz CT molecular complexity index is 933. The van der Waals surface area contributed by atoms with Gasteiger partial charge >= 0.3 is 0 Å². The van der Waals surface area contributed by atoms with Crippen LogP contribution in [-0.4, -0.2) is 27.8 Å². The molecule has 2 aromatic carbocycles. The number of aromatic nitrogens is 2. The molecule has 0 saturated carbocycles. The zero-order chi connectivity index (χ0) is 20.6. The lowest BCUT2D eigenvalue weighted by Gasteiger charge is -2.15. The van der Waals surface area contributed by atoms with Crippen molar-refractivity contribution in [3.8, 4) is 11.4 Å². The van der Waals surface area contributed by atoms with Crippen LogP contribution in [0.25, 0.3) is 5.69 Å². The van der Waals surface area contributed by atoms with E-state index in [1.165, 1.54) is 0 Å². The van der Waals surface area contributed by atoms with Crippen molar-refractivity contribution in [3.05, 3.63) is 78.4 Å². The van der Waals surface area contributed by atoms with E-state index in [0.717, 1.165) is 17.0 Å². The first kappa shape index (κ1) is 20.3. The summed E-state index contributed by atoms with van der Waals surface area (Å²) >= 11 is 0. The van der Waals surface area contributed by atoms with Crippen LogP contribution in [0.5, 0.6) is 5.75 Å². The van der Waals surface area contributed by atoms with Crippen LogP contribution in [0.2, 0.25) is 0 Å². The van der Waals surface area contributed by atoms with Gasteiger partial charge in [0.25, 0.3) is 0 Å². The topological polar surface area (TPSA) is 73.2 Å². The highest BCUT2D eigenvalue weighted by Gasteiger charge is 2.13. The zero-order valence-corrected chi connectivity index (χ0v) is 16.7. The number of hydrogen-bond donors (Lipinski definition) is 1. The number of amides is 1. The molecule has 1 unspecified atom stereocenters. The molecule has 1 N–H and O–H groups in total. The number of Topliss-reactive ketones (excluding diaryl/α,β-unsaturated/α-hetero) is 1. The number of ketones is 1. The van der Waals surface area contributed by atoms with Crippen molar-refractivity contribution in [1.29, 1.82) is 0 Å². The molecule has 3 aromatic rings. The minimum Gasteiger partial charge on any atom is -0.494 e. The summed E-state index contributed by atoms with van der Waals surface area (Å²) in [4.78, 5) is 28.6. The Labute approximate surface area is 170 Å². The van der Waals surface area contributed by atoms with Crippen LogP contribution >= 0.6 is 0 Å². The molecule has 0 radical (unpaired) electrons. The highest BCUT2D eigenvalue weighted by atomic mass is 16.5. The molecule has 6 heteroatoms. The summed E-state index contributed by atoms with van der Waals surface area (Å²) in [5, 5.41) is 2.95. The number of hydrogen-bond acceptors (Lipinski definition) is 4. The molecule has 1 atom stereocenters. The molecule has 0 aliphatic heterocycles. The quantitative estimate of drug-likeness (QED) is 0.557. The van der Waals surface area contributed by atoms with Crippen LogP contribution in [0.1, 0.15) is 48.7 Å². The van der Waals surface area contributed by atoms with Crippen LogP contribution in [0.3, 0.4) is 0 Å². The zero-order valence-electron chi connectivity index (χ0n) is 16.7. The molecule has 6 nitrogen and oxygen atoms in total. The van der Waals surface area contributed by atoms with Crippen molar-refractivity contribution in [1.82, 2.24) is 14.9 Å². The van der Waals surface area contributed by atoms with Gasteiger partial charge < -0.3 is 14.6 Å². The van der Waals surface area contributed by atoms with Crippen molar-refractivity contribution >= 4 is 11.7 Å². The van der Waals surface area contributed by atoms with Crippen molar-refractivity contribution in [2.24, 2.45) is 0 Å². The molecule has 0 bridgehead atoms. The average molecular weight is 391 g/mol. The molecule has 0 spiro atoms. The fraction of sp³-hybridized carbons (Fsp3) is 0.261. The van der Waals surface area contributed by atoms with Gasteiger partial charge in [-0.25, -0.2) is 4.98 Å². The minimum atomic E-state index is -0.143. The van der Waals surface area contributed by atoms with Crippen molar-refractivity contribution < 1.29 is 14.3 Å². The first-order valence-corrected chi connectivity index (χ1v) is 9.70. The molecule has 150 valence electrons. The molecule has 1 aromatic heterocycles. The predicted octanol–water partition coefficient (Wildman–Crippen LogP) is 4.11. The van der Waals surface area contributed by atoms with E-state index in [0.29, 0.717) is 12.2 Å². The Morgan fingerprint density at radius 2 is 1.79 bits per heavy atom. The molecule has 0 aliphatic carbocycles. The number of benzene rings is 2. The second-order valence-corrected chi connectivity index (χ2v) is 6.73. The van der Waals surface area contributed by atoms with Crippen LogP contribution < -0.4 is 10.1 Å². The maximum atomic E-state index is 12.3. The normalized spacial score (nSPS) is 11.7. The number of nitrogens with one attached hydrogen (secondary N) is 1. The number of rotatable bonds is 9. The summed E-state index contributed by atoms with van der Waals surface area (Å²) < 4.78 is 7.29. The first-order valence-electron chi connectivity index (χ1n) is 9.70. The highest BCUT2D eigenvalue weighted by Crippen LogP contribution is 2.17. The van der Waals surface area contributed by atoms with Gasteiger partial charge in [-0.05, 0) is 55.8 Å². The third kappa shape index (κ3) is 5.54. The average Bonchev–Trinajstić information content (AvgIpc) is 3.28. The van der Waals surface area contributed by atoms with Gasteiger partial charge in [-0.1, -0.05) is 12.1 Å². The molecular weight excluding hydrogens is 366 g/mol. The van der Waals surface area contributed by atoms with Crippen LogP contribution in [0, 0.1) is 0 Å². The third-order valence-corrected chi connectivity index (χ3v) is 4.64. The van der Waals surface area contributed by atoms with Crippen LogP contribution in [-0.2, 0) is 4.79 Å². The monoisotopic (exact) mass is 391 g/mol. The summed E-state index contributed by atoms with van der Waals surface area (Å²) in [6, 6.07) is 14.8. The Morgan fingerprint density at radius 3 is 2.41 bits per heavy atom. The number of ether oxygens (including phenoxy) is 1. The smallest absolute Gasteiger partial charge is 0.220 e. The van der Waals surface area contributed by atoms with Gasteiger partial charge in [0.05, 0.1) is 19.0 Å². The number of imidazole rings is 1. The van der Waals surface area contributed by atoms with E-state index < -0.39 is 0 Å². The van der Waals surface area contributed by atoms with E-state index in [-0.39, 0.29) is 30.6 Å². The largest absolute Gasteiger partial charge is 0.494 e. The summed E-state index contributed by atoms with van der Waals surface area (Å²) in [6.45, 7) is 4.42. The third-order valence-electron chi connectivity index (χ3n) is 4.64. The van der Waals surface area contributed by atoms with Crippen molar-refractivity contribution in [3.63, 3.8) is 0 Å². The summed E-state index contributed by atoms with van der Waals surface area (Å²) in [6.07, 6.45) is 5.67. The maximum Gasteiger partial charge on any atom is 0.220 e.